The molecule has 0 N–H and O–H groups in total. The van der Waals surface area contributed by atoms with Gasteiger partial charge < -0.3 is 0 Å². The molecule has 2 heteroatoms. The summed E-state index contributed by atoms with van der Waals surface area (Å²) in [6.07, 6.45) is 9.42. The summed E-state index contributed by atoms with van der Waals surface area (Å²) in [5.74, 6) is 0. The fourth-order valence-corrected chi connectivity index (χ4v) is 2.39. The molecule has 0 radical (unpaired) electrons. The maximum Gasteiger partial charge on any atom is 0.0928 e. The largest absolute Gasteiger partial charge is 0.247 e. The number of unbranched alkanes of at least 4 members (excludes halogenated alkanes) is 5. The highest BCUT2D eigenvalue weighted by atomic mass is 32.1. The first kappa shape index (κ1) is 11.7. The fourth-order valence-electron chi connectivity index (χ4n) is 1.57. The number of nitrogens with zero attached hydrogens (tertiary/aromatic N) is 1. The van der Waals surface area contributed by atoms with Gasteiger partial charge in [-0.1, -0.05) is 39.0 Å². The molecule has 0 atom stereocenters. The molecule has 0 aliphatic carbocycles. The van der Waals surface area contributed by atoms with Crippen molar-refractivity contribution in [1.29, 1.82) is 0 Å². The zero-order chi connectivity index (χ0) is 10.2. The van der Waals surface area contributed by atoms with Crippen molar-refractivity contribution in [1.82, 2.24) is 4.98 Å². The highest BCUT2D eigenvalue weighted by Gasteiger charge is 1.97. The van der Waals surface area contributed by atoms with Gasteiger partial charge in [0.25, 0.3) is 0 Å². The monoisotopic (exact) mass is 211 g/mol. The van der Waals surface area contributed by atoms with E-state index in [0.29, 0.717) is 0 Å². The van der Waals surface area contributed by atoms with Crippen LogP contribution in [0.5, 0.6) is 0 Å². The molecule has 0 aromatic carbocycles. The normalized spacial score (nSPS) is 10.7. The van der Waals surface area contributed by atoms with Gasteiger partial charge in [-0.3, -0.25) is 0 Å². The van der Waals surface area contributed by atoms with Crippen LogP contribution >= 0.6 is 11.3 Å². The first-order valence-corrected chi connectivity index (χ1v) is 6.62. The molecule has 0 saturated heterocycles. The Morgan fingerprint density at radius 3 is 2.50 bits per heavy atom. The molecule has 0 amide bonds. The molecule has 1 heterocycles. The molecular weight excluding hydrogens is 190 g/mol. The lowest BCUT2D eigenvalue weighted by Gasteiger charge is -1.98. The zero-order valence-electron chi connectivity index (χ0n) is 9.38. The van der Waals surface area contributed by atoms with E-state index in [9.17, 15) is 0 Å². The van der Waals surface area contributed by atoms with Crippen molar-refractivity contribution >= 4 is 11.3 Å². The van der Waals surface area contributed by atoms with E-state index in [2.05, 4.69) is 24.2 Å². The quantitative estimate of drug-likeness (QED) is 0.611. The highest BCUT2D eigenvalue weighted by Crippen LogP contribution is 2.13. The second-order valence-corrected chi connectivity index (χ2v) is 4.84. The zero-order valence-corrected chi connectivity index (χ0v) is 10.2. The Morgan fingerprint density at radius 1 is 1.14 bits per heavy atom. The Morgan fingerprint density at radius 2 is 1.86 bits per heavy atom. The summed E-state index contributed by atoms with van der Waals surface area (Å²) < 4.78 is 0. The van der Waals surface area contributed by atoms with E-state index in [4.69, 9.17) is 0 Å². The molecule has 1 rings (SSSR count). The second kappa shape index (κ2) is 6.99. The second-order valence-electron chi connectivity index (χ2n) is 3.90. The van der Waals surface area contributed by atoms with Crippen LogP contribution in [0.2, 0.25) is 0 Å². The summed E-state index contributed by atoms with van der Waals surface area (Å²) in [6.45, 7) is 4.33. The summed E-state index contributed by atoms with van der Waals surface area (Å²) in [4.78, 5) is 4.46. The summed E-state index contributed by atoms with van der Waals surface area (Å²) in [7, 11) is 0. The average Bonchev–Trinajstić information content (AvgIpc) is 2.58. The minimum Gasteiger partial charge on any atom is -0.247 e. The minimum absolute atomic E-state index is 1.18. The van der Waals surface area contributed by atoms with Crippen LogP contribution in [0, 0.1) is 6.92 Å². The van der Waals surface area contributed by atoms with Crippen LogP contribution < -0.4 is 0 Å². The Labute approximate surface area is 91.6 Å². The van der Waals surface area contributed by atoms with Crippen molar-refractivity contribution in [3.05, 3.63) is 16.1 Å². The molecule has 0 spiro atoms. The lowest BCUT2D eigenvalue weighted by molar-refractivity contribution is 0.607. The standard InChI is InChI=1S/C12H21NS/c1-3-4-5-6-7-8-9-12-13-11(2)10-14-12/h10H,3-9H2,1-2H3. The van der Waals surface area contributed by atoms with E-state index in [0.717, 1.165) is 0 Å². The van der Waals surface area contributed by atoms with Gasteiger partial charge in [0.1, 0.15) is 0 Å². The molecule has 0 unspecified atom stereocenters. The minimum atomic E-state index is 1.18. The molecular formula is C12H21NS. The van der Waals surface area contributed by atoms with Crippen molar-refractivity contribution in [2.75, 3.05) is 0 Å². The van der Waals surface area contributed by atoms with E-state index >= 15 is 0 Å². The van der Waals surface area contributed by atoms with Crippen LogP contribution in [0.4, 0.5) is 0 Å². The van der Waals surface area contributed by atoms with Crippen LogP contribution in [-0.2, 0) is 6.42 Å². The number of rotatable bonds is 7. The average molecular weight is 211 g/mol. The molecule has 80 valence electrons. The Kier molecular flexibility index (Phi) is 5.85. The molecule has 0 saturated carbocycles. The number of hydrogen-bond donors (Lipinski definition) is 0. The molecule has 1 aromatic rings. The van der Waals surface area contributed by atoms with Gasteiger partial charge in [0.05, 0.1) is 5.01 Å². The number of thiazole rings is 1. The van der Waals surface area contributed by atoms with E-state index in [1.807, 2.05) is 0 Å². The van der Waals surface area contributed by atoms with Gasteiger partial charge in [0.2, 0.25) is 0 Å². The van der Waals surface area contributed by atoms with E-state index in [-0.39, 0.29) is 0 Å². The van der Waals surface area contributed by atoms with E-state index < -0.39 is 0 Å². The smallest absolute Gasteiger partial charge is 0.0928 e. The van der Waals surface area contributed by atoms with Gasteiger partial charge in [-0.05, 0) is 19.8 Å². The molecule has 1 aromatic heterocycles. The lowest BCUT2D eigenvalue weighted by atomic mass is 10.1. The molecule has 0 aliphatic heterocycles. The van der Waals surface area contributed by atoms with Gasteiger partial charge >= 0.3 is 0 Å². The van der Waals surface area contributed by atoms with Crippen molar-refractivity contribution < 1.29 is 0 Å². The van der Waals surface area contributed by atoms with Crippen LogP contribution in [0.1, 0.15) is 56.2 Å². The van der Waals surface area contributed by atoms with Gasteiger partial charge in [-0.2, -0.15) is 0 Å². The SMILES string of the molecule is CCCCCCCCc1nc(C)cs1. The van der Waals surface area contributed by atoms with E-state index in [1.165, 1.54) is 55.6 Å². The number of hydrogen-bond acceptors (Lipinski definition) is 2. The van der Waals surface area contributed by atoms with Crippen molar-refractivity contribution in [2.24, 2.45) is 0 Å². The molecule has 0 fully saturated rings. The highest BCUT2D eigenvalue weighted by molar-refractivity contribution is 7.09. The van der Waals surface area contributed by atoms with Crippen LogP contribution in [-0.4, -0.2) is 4.98 Å². The van der Waals surface area contributed by atoms with Crippen LogP contribution in [0.15, 0.2) is 5.38 Å². The van der Waals surface area contributed by atoms with Crippen LogP contribution in [0.25, 0.3) is 0 Å². The maximum absolute atomic E-state index is 4.46. The third-order valence-electron chi connectivity index (χ3n) is 2.41. The molecule has 14 heavy (non-hydrogen) atoms. The maximum atomic E-state index is 4.46. The Bertz CT molecular complexity index is 242. The molecule has 0 bridgehead atoms. The number of aryl methyl sites for hydroxylation is 2. The van der Waals surface area contributed by atoms with Gasteiger partial charge in [-0.15, -0.1) is 11.3 Å². The lowest BCUT2D eigenvalue weighted by Crippen LogP contribution is -1.85. The topological polar surface area (TPSA) is 12.9 Å². The van der Waals surface area contributed by atoms with Crippen molar-refractivity contribution in [3.63, 3.8) is 0 Å². The Balaban J connectivity index is 1.99. The molecule has 0 aliphatic rings. The first-order valence-electron chi connectivity index (χ1n) is 5.74. The third-order valence-corrected chi connectivity index (χ3v) is 3.44. The fraction of sp³-hybridized carbons (Fsp3) is 0.750. The summed E-state index contributed by atoms with van der Waals surface area (Å²) in [6, 6.07) is 0. The number of aromatic nitrogens is 1. The summed E-state index contributed by atoms with van der Waals surface area (Å²) in [5, 5.41) is 3.46. The predicted molar refractivity (Wildman–Crippen MR) is 63.9 cm³/mol. The van der Waals surface area contributed by atoms with E-state index in [1.54, 1.807) is 11.3 Å². The Hall–Kier alpha value is -0.370. The third kappa shape index (κ3) is 4.75. The van der Waals surface area contributed by atoms with Gasteiger partial charge in [-0.25, -0.2) is 4.98 Å². The van der Waals surface area contributed by atoms with Gasteiger partial charge in [0.15, 0.2) is 0 Å². The van der Waals surface area contributed by atoms with Gasteiger partial charge in [0, 0.05) is 11.1 Å². The molecule has 1 nitrogen and oxygen atoms in total. The van der Waals surface area contributed by atoms with Crippen molar-refractivity contribution in [2.45, 2.75) is 58.8 Å². The summed E-state index contributed by atoms with van der Waals surface area (Å²) >= 11 is 1.81. The van der Waals surface area contributed by atoms with Crippen LogP contribution in [0.3, 0.4) is 0 Å². The van der Waals surface area contributed by atoms with Crippen molar-refractivity contribution in [3.8, 4) is 0 Å². The first-order chi connectivity index (χ1) is 6.83. The summed E-state index contributed by atoms with van der Waals surface area (Å²) in [5.41, 5.74) is 1.18. The predicted octanol–water partition coefficient (Wildman–Crippen LogP) is 4.35.